The van der Waals surface area contributed by atoms with E-state index in [1.54, 1.807) is 18.5 Å². The zero-order valence-corrected chi connectivity index (χ0v) is 16.2. The van der Waals surface area contributed by atoms with Crippen LogP contribution in [0, 0.1) is 5.82 Å². The quantitative estimate of drug-likeness (QED) is 0.719. The molecule has 3 heterocycles. The third-order valence-corrected chi connectivity index (χ3v) is 4.86. The Morgan fingerprint density at radius 3 is 3.00 bits per heavy atom. The minimum atomic E-state index is -0.264. The second kappa shape index (κ2) is 7.96. The van der Waals surface area contributed by atoms with Gasteiger partial charge in [-0.25, -0.2) is 19.3 Å². The van der Waals surface area contributed by atoms with Crippen LogP contribution < -0.4 is 15.0 Å². The Kier molecular flexibility index (Phi) is 5.23. The highest BCUT2D eigenvalue weighted by molar-refractivity contribution is 5.86. The fourth-order valence-corrected chi connectivity index (χ4v) is 3.43. The van der Waals surface area contributed by atoms with E-state index in [-0.39, 0.29) is 11.9 Å². The van der Waals surface area contributed by atoms with Gasteiger partial charge in [0.15, 0.2) is 5.82 Å². The highest BCUT2D eigenvalue weighted by Crippen LogP contribution is 2.27. The maximum atomic E-state index is 13.9. The van der Waals surface area contributed by atoms with Crippen LogP contribution in [-0.2, 0) is 6.54 Å². The van der Waals surface area contributed by atoms with E-state index < -0.39 is 0 Å². The summed E-state index contributed by atoms with van der Waals surface area (Å²) in [5.41, 5.74) is 2.36. The standard InChI is InChI=1S/C21H24FN5O/c1-3-9-27-12-15-11-16(22)4-6-18(15)28-10-8-14(2)25-21-20-17(23-13-24-21)5-7-19(27)26-20/h4-7,11,13-14H,3,8-10,12H2,1-2H3,(H,23,24,25)/t14-/m1/s1. The average molecular weight is 381 g/mol. The molecule has 2 aromatic heterocycles. The Bertz CT molecular complexity index is 980. The topological polar surface area (TPSA) is 63.2 Å². The molecule has 1 aromatic carbocycles. The van der Waals surface area contributed by atoms with Gasteiger partial charge in [-0.2, -0.15) is 0 Å². The van der Waals surface area contributed by atoms with E-state index >= 15 is 0 Å². The summed E-state index contributed by atoms with van der Waals surface area (Å²) in [6.07, 6.45) is 3.27. The summed E-state index contributed by atoms with van der Waals surface area (Å²) in [6, 6.07) is 8.76. The van der Waals surface area contributed by atoms with E-state index in [1.807, 2.05) is 12.1 Å². The molecule has 0 amide bonds. The van der Waals surface area contributed by atoms with E-state index in [9.17, 15) is 4.39 Å². The molecule has 2 bridgehead atoms. The van der Waals surface area contributed by atoms with E-state index in [0.29, 0.717) is 18.9 Å². The van der Waals surface area contributed by atoms with Gasteiger partial charge in [0.05, 0.1) is 12.1 Å². The van der Waals surface area contributed by atoms with Crippen LogP contribution in [0.5, 0.6) is 5.75 Å². The predicted octanol–water partition coefficient (Wildman–Crippen LogP) is 4.16. The lowest BCUT2D eigenvalue weighted by Crippen LogP contribution is -2.25. The van der Waals surface area contributed by atoms with Crippen molar-refractivity contribution in [1.82, 2.24) is 15.0 Å². The summed E-state index contributed by atoms with van der Waals surface area (Å²) in [6.45, 7) is 6.03. The molecule has 0 radical (unpaired) electrons. The monoisotopic (exact) mass is 381 g/mol. The van der Waals surface area contributed by atoms with Gasteiger partial charge in [0.2, 0.25) is 0 Å². The Balaban J connectivity index is 1.83. The molecule has 146 valence electrons. The van der Waals surface area contributed by atoms with Crippen molar-refractivity contribution in [3.63, 3.8) is 0 Å². The number of fused-ring (bicyclic) bond motifs is 2. The number of hydrogen-bond acceptors (Lipinski definition) is 6. The number of pyridine rings is 1. The SMILES string of the molecule is CCCN1Cc2cc(F)ccc2OCC[C@@H](C)Nc2ncnc3ccc1nc23. The third-order valence-electron chi connectivity index (χ3n) is 4.86. The summed E-state index contributed by atoms with van der Waals surface area (Å²) in [4.78, 5) is 15.7. The van der Waals surface area contributed by atoms with Gasteiger partial charge in [0, 0.05) is 31.1 Å². The Hall–Kier alpha value is -2.96. The molecule has 6 nitrogen and oxygen atoms in total. The van der Waals surface area contributed by atoms with Crippen molar-refractivity contribution in [3.05, 3.63) is 48.0 Å². The smallest absolute Gasteiger partial charge is 0.156 e. The number of aromatic nitrogens is 3. The normalized spacial score (nSPS) is 17.1. The van der Waals surface area contributed by atoms with Crippen LogP contribution in [0.2, 0.25) is 0 Å². The predicted molar refractivity (Wildman–Crippen MR) is 108 cm³/mol. The number of halogens is 1. The number of hydrogen-bond donors (Lipinski definition) is 1. The second-order valence-electron chi connectivity index (χ2n) is 7.12. The molecule has 0 spiro atoms. The fraction of sp³-hybridized carbons (Fsp3) is 0.381. The zero-order valence-electron chi connectivity index (χ0n) is 16.2. The van der Waals surface area contributed by atoms with E-state index in [4.69, 9.17) is 9.72 Å². The summed E-state index contributed by atoms with van der Waals surface area (Å²) < 4.78 is 19.9. The molecule has 0 saturated heterocycles. The summed E-state index contributed by atoms with van der Waals surface area (Å²) in [5.74, 6) is 1.99. The van der Waals surface area contributed by atoms with Gasteiger partial charge in [0.25, 0.3) is 0 Å². The molecular formula is C21H24FN5O. The molecule has 0 saturated carbocycles. The maximum absolute atomic E-state index is 13.9. The lowest BCUT2D eigenvalue weighted by Gasteiger charge is -2.24. The lowest BCUT2D eigenvalue weighted by molar-refractivity contribution is 0.300. The van der Waals surface area contributed by atoms with Crippen molar-refractivity contribution >= 4 is 22.7 Å². The number of anilines is 2. The van der Waals surface area contributed by atoms with Crippen LogP contribution in [0.15, 0.2) is 36.7 Å². The van der Waals surface area contributed by atoms with Crippen LogP contribution >= 0.6 is 0 Å². The average Bonchev–Trinajstić information content (AvgIpc) is 2.69. The van der Waals surface area contributed by atoms with Crippen LogP contribution in [0.1, 0.15) is 32.3 Å². The first-order chi connectivity index (χ1) is 13.6. The van der Waals surface area contributed by atoms with E-state index in [0.717, 1.165) is 47.6 Å². The molecule has 1 N–H and O–H groups in total. The van der Waals surface area contributed by atoms with Crippen LogP contribution in [-0.4, -0.2) is 34.1 Å². The first-order valence-corrected chi connectivity index (χ1v) is 9.68. The van der Waals surface area contributed by atoms with Gasteiger partial charge < -0.3 is 15.0 Å². The number of benzene rings is 1. The van der Waals surface area contributed by atoms with Gasteiger partial charge in [0.1, 0.15) is 29.2 Å². The third kappa shape index (κ3) is 3.83. The number of nitrogens with zero attached hydrogens (tertiary/aromatic N) is 4. The fourth-order valence-electron chi connectivity index (χ4n) is 3.43. The molecule has 0 fully saturated rings. The maximum Gasteiger partial charge on any atom is 0.156 e. The van der Waals surface area contributed by atoms with E-state index in [2.05, 4.69) is 34.0 Å². The van der Waals surface area contributed by atoms with Gasteiger partial charge in [-0.1, -0.05) is 6.92 Å². The molecule has 0 aliphatic carbocycles. The molecule has 7 heteroatoms. The molecule has 28 heavy (non-hydrogen) atoms. The number of ether oxygens (including phenoxy) is 1. The molecule has 1 atom stereocenters. The molecular weight excluding hydrogens is 357 g/mol. The molecule has 3 aromatic rings. The Labute approximate surface area is 163 Å². The van der Waals surface area contributed by atoms with Crippen molar-refractivity contribution in [2.24, 2.45) is 0 Å². The van der Waals surface area contributed by atoms with Crippen LogP contribution in [0.4, 0.5) is 16.0 Å². The Morgan fingerprint density at radius 1 is 1.25 bits per heavy atom. The summed E-state index contributed by atoms with van der Waals surface area (Å²) in [5, 5.41) is 3.42. The number of rotatable bonds is 2. The number of nitrogens with one attached hydrogen (secondary N) is 1. The highest BCUT2D eigenvalue weighted by Gasteiger charge is 2.17. The molecule has 4 rings (SSSR count). The Morgan fingerprint density at radius 2 is 2.14 bits per heavy atom. The first-order valence-electron chi connectivity index (χ1n) is 9.68. The van der Waals surface area contributed by atoms with Gasteiger partial charge in [-0.15, -0.1) is 0 Å². The van der Waals surface area contributed by atoms with Crippen molar-refractivity contribution in [2.75, 3.05) is 23.4 Å². The van der Waals surface area contributed by atoms with Gasteiger partial charge >= 0.3 is 0 Å². The van der Waals surface area contributed by atoms with Crippen LogP contribution in [0.3, 0.4) is 0 Å². The first kappa shape index (κ1) is 18.4. The van der Waals surface area contributed by atoms with E-state index in [1.165, 1.54) is 6.07 Å². The largest absolute Gasteiger partial charge is 0.493 e. The van der Waals surface area contributed by atoms with Crippen molar-refractivity contribution < 1.29 is 9.13 Å². The van der Waals surface area contributed by atoms with Gasteiger partial charge in [-0.05, 0) is 43.7 Å². The molecule has 1 aliphatic rings. The molecule has 0 unspecified atom stereocenters. The second-order valence-corrected chi connectivity index (χ2v) is 7.12. The minimum Gasteiger partial charge on any atom is -0.493 e. The van der Waals surface area contributed by atoms with Crippen LogP contribution in [0.25, 0.3) is 11.0 Å². The van der Waals surface area contributed by atoms with Crippen molar-refractivity contribution in [1.29, 1.82) is 0 Å². The minimum absolute atomic E-state index is 0.139. The van der Waals surface area contributed by atoms with Crippen molar-refractivity contribution in [2.45, 2.75) is 39.3 Å². The lowest BCUT2D eigenvalue weighted by atomic mass is 10.1. The van der Waals surface area contributed by atoms with Gasteiger partial charge in [-0.3, -0.25) is 0 Å². The highest BCUT2D eigenvalue weighted by atomic mass is 19.1. The summed E-state index contributed by atoms with van der Waals surface area (Å²) in [7, 11) is 0. The van der Waals surface area contributed by atoms with Crippen molar-refractivity contribution in [3.8, 4) is 5.75 Å². The summed E-state index contributed by atoms with van der Waals surface area (Å²) >= 11 is 0. The zero-order chi connectivity index (χ0) is 19.5. The molecule has 1 aliphatic heterocycles.